The van der Waals surface area contributed by atoms with E-state index in [2.05, 4.69) is 25.9 Å². The second-order valence-electron chi connectivity index (χ2n) is 4.61. The maximum Gasteiger partial charge on any atom is 0.276 e. The average Bonchev–Trinajstić information content (AvgIpc) is 2.46. The number of hydrogen-bond donors (Lipinski definition) is 1. The third kappa shape index (κ3) is 4.15. The van der Waals surface area contributed by atoms with E-state index in [0.29, 0.717) is 5.71 Å². The zero-order valence-corrected chi connectivity index (χ0v) is 14.1. The Bertz CT molecular complexity index is 751. The van der Waals surface area contributed by atoms with Gasteiger partial charge < -0.3 is 0 Å². The van der Waals surface area contributed by atoms with E-state index in [1.807, 2.05) is 31.2 Å². The molecule has 0 spiro atoms. The molecular weight excluding hydrogens is 352 g/mol. The molecule has 0 radical (unpaired) electrons. The minimum absolute atomic E-state index is 0.195. The average molecular weight is 367 g/mol. The zero-order valence-electron chi connectivity index (χ0n) is 11.7. The molecule has 2 rings (SSSR count). The molecule has 0 fully saturated rings. The summed E-state index contributed by atoms with van der Waals surface area (Å²) in [4.78, 5) is 2.45. The molecule has 0 saturated heterocycles. The standard InChI is InChI=1S/C15H15BrN2O2S/c1-11-3-9-15(10-4-11)21(19,20)18-17-12(2)13-5-7-14(16)8-6-13/h3-10,18H,1-2H3/b17-12+. The maximum absolute atomic E-state index is 12.1. The van der Waals surface area contributed by atoms with Gasteiger partial charge in [-0.15, -0.1) is 0 Å². The number of nitrogens with one attached hydrogen (secondary N) is 1. The van der Waals surface area contributed by atoms with Gasteiger partial charge in [-0.25, -0.2) is 0 Å². The summed E-state index contributed by atoms with van der Waals surface area (Å²) in [5.41, 5.74) is 2.45. The summed E-state index contributed by atoms with van der Waals surface area (Å²) < 4.78 is 25.2. The molecule has 0 bridgehead atoms. The van der Waals surface area contributed by atoms with Gasteiger partial charge in [0.05, 0.1) is 10.6 Å². The van der Waals surface area contributed by atoms with Crippen LogP contribution in [-0.2, 0) is 10.0 Å². The van der Waals surface area contributed by atoms with E-state index in [1.54, 1.807) is 31.2 Å². The van der Waals surface area contributed by atoms with Crippen LogP contribution in [0.25, 0.3) is 0 Å². The Morgan fingerprint density at radius 1 is 1.05 bits per heavy atom. The highest BCUT2D eigenvalue weighted by Crippen LogP contribution is 2.12. The first-order valence-corrected chi connectivity index (χ1v) is 8.55. The van der Waals surface area contributed by atoms with Crippen molar-refractivity contribution >= 4 is 31.7 Å². The third-order valence-electron chi connectivity index (χ3n) is 2.93. The van der Waals surface area contributed by atoms with E-state index in [-0.39, 0.29) is 4.90 Å². The predicted octanol–water partition coefficient (Wildman–Crippen LogP) is 3.46. The van der Waals surface area contributed by atoms with Gasteiger partial charge in [0, 0.05) is 4.47 Å². The van der Waals surface area contributed by atoms with Crippen molar-refractivity contribution < 1.29 is 8.42 Å². The summed E-state index contributed by atoms with van der Waals surface area (Å²) in [6, 6.07) is 14.1. The Morgan fingerprint density at radius 3 is 2.19 bits per heavy atom. The van der Waals surface area contributed by atoms with Gasteiger partial charge in [-0.1, -0.05) is 45.8 Å². The number of nitrogens with zero attached hydrogens (tertiary/aromatic N) is 1. The van der Waals surface area contributed by atoms with Gasteiger partial charge in [-0.05, 0) is 43.7 Å². The molecular formula is C15H15BrN2O2S. The first-order valence-electron chi connectivity index (χ1n) is 6.27. The van der Waals surface area contributed by atoms with Crippen LogP contribution in [0.4, 0.5) is 0 Å². The number of hydrazone groups is 1. The van der Waals surface area contributed by atoms with Gasteiger partial charge >= 0.3 is 0 Å². The minimum atomic E-state index is -3.64. The van der Waals surface area contributed by atoms with Crippen LogP contribution in [0.5, 0.6) is 0 Å². The normalized spacial score (nSPS) is 12.2. The molecule has 0 aromatic heterocycles. The smallest absolute Gasteiger partial charge is 0.200 e. The van der Waals surface area contributed by atoms with Crippen molar-refractivity contribution in [2.45, 2.75) is 18.7 Å². The molecule has 0 unspecified atom stereocenters. The van der Waals surface area contributed by atoms with Crippen molar-refractivity contribution in [3.63, 3.8) is 0 Å². The molecule has 110 valence electrons. The molecule has 4 nitrogen and oxygen atoms in total. The number of rotatable bonds is 4. The van der Waals surface area contributed by atoms with E-state index in [4.69, 9.17) is 0 Å². The van der Waals surface area contributed by atoms with Crippen LogP contribution in [0.3, 0.4) is 0 Å². The highest BCUT2D eigenvalue weighted by Gasteiger charge is 2.12. The second kappa shape index (κ2) is 6.41. The largest absolute Gasteiger partial charge is 0.276 e. The van der Waals surface area contributed by atoms with E-state index in [1.165, 1.54) is 0 Å². The zero-order chi connectivity index (χ0) is 15.5. The Kier molecular flexibility index (Phi) is 4.80. The van der Waals surface area contributed by atoms with Crippen molar-refractivity contribution in [3.05, 3.63) is 64.1 Å². The molecule has 0 atom stereocenters. The van der Waals surface area contributed by atoms with Crippen molar-refractivity contribution in [2.24, 2.45) is 5.10 Å². The summed E-state index contributed by atoms with van der Waals surface area (Å²) in [5.74, 6) is 0. The van der Waals surface area contributed by atoms with Crippen molar-refractivity contribution in [1.82, 2.24) is 4.83 Å². The van der Waals surface area contributed by atoms with Crippen LogP contribution in [0.15, 0.2) is 63.0 Å². The summed E-state index contributed by atoms with van der Waals surface area (Å²) >= 11 is 3.35. The quantitative estimate of drug-likeness (QED) is 0.665. The molecule has 0 saturated carbocycles. The molecule has 0 aliphatic heterocycles. The summed E-state index contributed by atoms with van der Waals surface area (Å²) in [5, 5.41) is 3.96. The molecule has 0 heterocycles. The molecule has 0 aliphatic carbocycles. The summed E-state index contributed by atoms with van der Waals surface area (Å²) in [6.07, 6.45) is 0. The lowest BCUT2D eigenvalue weighted by molar-refractivity contribution is 0.584. The lowest BCUT2D eigenvalue weighted by atomic mass is 10.1. The minimum Gasteiger partial charge on any atom is -0.200 e. The topological polar surface area (TPSA) is 58.5 Å². The van der Waals surface area contributed by atoms with Crippen LogP contribution in [-0.4, -0.2) is 14.1 Å². The molecule has 6 heteroatoms. The predicted molar refractivity (Wildman–Crippen MR) is 87.9 cm³/mol. The summed E-state index contributed by atoms with van der Waals surface area (Å²) in [7, 11) is -3.64. The fourth-order valence-electron chi connectivity index (χ4n) is 1.65. The SMILES string of the molecule is C/C(=N\NS(=O)(=O)c1ccc(C)cc1)c1ccc(Br)cc1. The highest BCUT2D eigenvalue weighted by molar-refractivity contribution is 9.10. The summed E-state index contributed by atoms with van der Waals surface area (Å²) in [6.45, 7) is 3.65. The van der Waals surface area contributed by atoms with Crippen molar-refractivity contribution in [3.8, 4) is 0 Å². The third-order valence-corrected chi connectivity index (χ3v) is 4.68. The lowest BCUT2D eigenvalue weighted by Crippen LogP contribution is -2.19. The van der Waals surface area contributed by atoms with Crippen molar-refractivity contribution in [2.75, 3.05) is 0 Å². The van der Waals surface area contributed by atoms with E-state index < -0.39 is 10.0 Å². The van der Waals surface area contributed by atoms with Crippen LogP contribution in [0.1, 0.15) is 18.1 Å². The second-order valence-corrected chi connectivity index (χ2v) is 7.19. The molecule has 0 amide bonds. The highest BCUT2D eigenvalue weighted by atomic mass is 79.9. The van der Waals surface area contributed by atoms with Crippen molar-refractivity contribution in [1.29, 1.82) is 0 Å². The van der Waals surface area contributed by atoms with Crippen LogP contribution in [0, 0.1) is 6.92 Å². The molecule has 2 aromatic carbocycles. The molecule has 0 aliphatic rings. The van der Waals surface area contributed by atoms with E-state index in [9.17, 15) is 8.42 Å². The first-order chi connectivity index (χ1) is 9.88. The van der Waals surface area contributed by atoms with Crippen LogP contribution < -0.4 is 4.83 Å². The Morgan fingerprint density at radius 2 is 1.62 bits per heavy atom. The Hall–Kier alpha value is -1.66. The lowest BCUT2D eigenvalue weighted by Gasteiger charge is -2.06. The van der Waals surface area contributed by atoms with Crippen LogP contribution in [0.2, 0.25) is 0 Å². The molecule has 21 heavy (non-hydrogen) atoms. The van der Waals surface area contributed by atoms with E-state index >= 15 is 0 Å². The number of benzene rings is 2. The fraction of sp³-hybridized carbons (Fsp3) is 0.133. The van der Waals surface area contributed by atoms with Gasteiger partial charge in [0.1, 0.15) is 0 Å². The van der Waals surface area contributed by atoms with Gasteiger partial charge in [0.2, 0.25) is 0 Å². The Labute approximate surface area is 133 Å². The number of sulfonamides is 1. The molecule has 2 aromatic rings. The number of hydrogen-bond acceptors (Lipinski definition) is 3. The molecule has 1 N–H and O–H groups in total. The van der Waals surface area contributed by atoms with E-state index in [0.717, 1.165) is 15.6 Å². The first kappa shape index (κ1) is 15.7. The monoisotopic (exact) mass is 366 g/mol. The maximum atomic E-state index is 12.1. The fourth-order valence-corrected chi connectivity index (χ4v) is 2.78. The van der Waals surface area contributed by atoms with Gasteiger partial charge in [-0.3, -0.25) is 0 Å². The number of halogens is 1. The van der Waals surface area contributed by atoms with Gasteiger partial charge in [-0.2, -0.15) is 18.4 Å². The number of aryl methyl sites for hydroxylation is 1. The Balaban J connectivity index is 2.18. The van der Waals surface area contributed by atoms with Gasteiger partial charge in [0.25, 0.3) is 10.0 Å². The van der Waals surface area contributed by atoms with Gasteiger partial charge in [0.15, 0.2) is 0 Å². The van der Waals surface area contributed by atoms with Crippen LogP contribution >= 0.6 is 15.9 Å².